The molecule has 59 valence electrons. The maximum Gasteiger partial charge on any atom is 0.0920 e. The summed E-state index contributed by atoms with van der Waals surface area (Å²) in [6.45, 7) is 4.46. The Morgan fingerprint density at radius 3 is 3.00 bits per heavy atom. The van der Waals surface area contributed by atoms with Crippen LogP contribution in [0.15, 0.2) is 18.3 Å². The Morgan fingerprint density at radius 1 is 1.64 bits per heavy atom. The lowest BCUT2D eigenvalue weighted by molar-refractivity contribution is 0.559. The zero-order chi connectivity index (χ0) is 8.10. The minimum atomic E-state index is 0.746. The molecule has 1 nitrogen and oxygen atoms in total. The van der Waals surface area contributed by atoms with Crippen molar-refractivity contribution in [3.63, 3.8) is 0 Å². The molecule has 0 aliphatic rings. The summed E-state index contributed by atoms with van der Waals surface area (Å²) in [6.07, 6.45) is 7.07. The standard InChI is InChI=1S/C10H14N/c1-3-9(2)7-10-5-4-6-11-8-10/h4-6,9H,3,7H2,1-2H3. The fraction of sp³-hybridized carbons (Fsp3) is 0.500. The Labute approximate surface area is 68.5 Å². The highest BCUT2D eigenvalue weighted by Crippen LogP contribution is 2.08. The molecule has 1 heterocycles. The van der Waals surface area contributed by atoms with Gasteiger partial charge in [0.15, 0.2) is 0 Å². The van der Waals surface area contributed by atoms with Gasteiger partial charge in [0.25, 0.3) is 0 Å². The van der Waals surface area contributed by atoms with Crippen LogP contribution in [0.5, 0.6) is 0 Å². The van der Waals surface area contributed by atoms with Crippen molar-refractivity contribution in [1.29, 1.82) is 0 Å². The number of rotatable bonds is 3. The smallest absolute Gasteiger partial charge is 0.0920 e. The second kappa shape index (κ2) is 4.12. The summed E-state index contributed by atoms with van der Waals surface area (Å²) in [5.74, 6) is 0.746. The molecular formula is C10H14N. The van der Waals surface area contributed by atoms with E-state index in [0.717, 1.165) is 12.3 Å². The van der Waals surface area contributed by atoms with Gasteiger partial charge in [-0.15, -0.1) is 0 Å². The molecule has 1 heteroatoms. The molecular weight excluding hydrogens is 134 g/mol. The summed E-state index contributed by atoms with van der Waals surface area (Å²) >= 11 is 0. The normalized spacial score (nSPS) is 12.9. The van der Waals surface area contributed by atoms with Gasteiger partial charge in [-0.3, -0.25) is 4.98 Å². The molecule has 1 unspecified atom stereocenters. The lowest BCUT2D eigenvalue weighted by atomic mass is 10.0. The second-order valence-electron chi connectivity index (χ2n) is 2.99. The second-order valence-corrected chi connectivity index (χ2v) is 2.99. The van der Waals surface area contributed by atoms with Crippen molar-refractivity contribution in [2.24, 2.45) is 5.92 Å². The molecule has 0 bridgehead atoms. The van der Waals surface area contributed by atoms with Gasteiger partial charge in [-0.1, -0.05) is 26.3 Å². The number of hydrogen-bond donors (Lipinski definition) is 0. The van der Waals surface area contributed by atoms with Crippen LogP contribution in [0.1, 0.15) is 25.8 Å². The van der Waals surface area contributed by atoms with E-state index in [0.29, 0.717) is 0 Å². The molecule has 1 rings (SSSR count). The molecule has 1 radical (unpaired) electrons. The van der Waals surface area contributed by atoms with Crippen LogP contribution in [0, 0.1) is 12.1 Å². The van der Waals surface area contributed by atoms with Crippen molar-refractivity contribution in [1.82, 2.24) is 4.98 Å². The van der Waals surface area contributed by atoms with Gasteiger partial charge in [-0.2, -0.15) is 0 Å². The molecule has 0 N–H and O–H groups in total. The van der Waals surface area contributed by atoms with Crippen LogP contribution in [-0.2, 0) is 6.42 Å². The van der Waals surface area contributed by atoms with Gasteiger partial charge in [0, 0.05) is 6.20 Å². The van der Waals surface area contributed by atoms with Crippen LogP contribution in [0.2, 0.25) is 0 Å². The summed E-state index contributed by atoms with van der Waals surface area (Å²) in [5, 5.41) is 0. The number of hydrogen-bond acceptors (Lipinski definition) is 1. The van der Waals surface area contributed by atoms with Crippen molar-refractivity contribution in [3.8, 4) is 0 Å². The molecule has 1 atom stereocenters. The molecule has 0 spiro atoms. The quantitative estimate of drug-likeness (QED) is 0.641. The SMILES string of the molecule is CCC(C)Cc1[c]nccc1. The largest absolute Gasteiger partial charge is 0.254 e. The molecule has 0 aliphatic heterocycles. The number of pyridine rings is 1. The monoisotopic (exact) mass is 148 g/mol. The van der Waals surface area contributed by atoms with Gasteiger partial charge in [0.2, 0.25) is 0 Å². The fourth-order valence-electron chi connectivity index (χ4n) is 0.993. The van der Waals surface area contributed by atoms with Crippen LogP contribution >= 0.6 is 0 Å². The third kappa shape index (κ3) is 2.71. The van der Waals surface area contributed by atoms with Crippen molar-refractivity contribution >= 4 is 0 Å². The van der Waals surface area contributed by atoms with Gasteiger partial charge in [0.1, 0.15) is 0 Å². The van der Waals surface area contributed by atoms with E-state index in [4.69, 9.17) is 0 Å². The van der Waals surface area contributed by atoms with E-state index in [1.165, 1.54) is 12.0 Å². The lowest BCUT2D eigenvalue weighted by Crippen LogP contribution is -1.97. The molecule has 0 saturated carbocycles. The lowest BCUT2D eigenvalue weighted by Gasteiger charge is -2.05. The summed E-state index contributed by atoms with van der Waals surface area (Å²) in [7, 11) is 0. The first-order valence-electron chi connectivity index (χ1n) is 4.14. The highest BCUT2D eigenvalue weighted by molar-refractivity contribution is 5.07. The fourth-order valence-corrected chi connectivity index (χ4v) is 0.993. The average molecular weight is 148 g/mol. The van der Waals surface area contributed by atoms with Crippen LogP contribution < -0.4 is 0 Å². The first kappa shape index (κ1) is 8.25. The summed E-state index contributed by atoms with van der Waals surface area (Å²) in [6, 6.07) is 4.05. The molecule has 0 aliphatic carbocycles. The average Bonchev–Trinajstić information content (AvgIpc) is 2.06. The Balaban J connectivity index is 2.51. The van der Waals surface area contributed by atoms with Crippen molar-refractivity contribution in [2.45, 2.75) is 26.7 Å². The summed E-state index contributed by atoms with van der Waals surface area (Å²) < 4.78 is 0. The first-order chi connectivity index (χ1) is 5.33. The van der Waals surface area contributed by atoms with E-state index in [-0.39, 0.29) is 0 Å². The third-order valence-corrected chi connectivity index (χ3v) is 1.93. The minimum Gasteiger partial charge on any atom is -0.254 e. The zero-order valence-electron chi connectivity index (χ0n) is 7.17. The van der Waals surface area contributed by atoms with Crippen LogP contribution in [0.25, 0.3) is 0 Å². The highest BCUT2D eigenvalue weighted by atomic mass is 14.6. The Hall–Kier alpha value is -0.850. The van der Waals surface area contributed by atoms with E-state index in [9.17, 15) is 0 Å². The van der Waals surface area contributed by atoms with Gasteiger partial charge in [-0.25, -0.2) is 0 Å². The molecule has 1 aromatic heterocycles. The number of nitrogens with zero attached hydrogens (tertiary/aromatic N) is 1. The van der Waals surface area contributed by atoms with E-state index < -0.39 is 0 Å². The zero-order valence-corrected chi connectivity index (χ0v) is 7.17. The molecule has 0 amide bonds. The van der Waals surface area contributed by atoms with Gasteiger partial charge in [-0.05, 0) is 24.0 Å². The summed E-state index contributed by atoms with van der Waals surface area (Å²) in [5.41, 5.74) is 1.22. The van der Waals surface area contributed by atoms with Crippen molar-refractivity contribution < 1.29 is 0 Å². The molecule has 11 heavy (non-hydrogen) atoms. The van der Waals surface area contributed by atoms with Gasteiger partial charge < -0.3 is 0 Å². The predicted molar refractivity (Wildman–Crippen MR) is 46.2 cm³/mol. The molecule has 0 aromatic carbocycles. The van der Waals surface area contributed by atoms with Crippen molar-refractivity contribution in [3.05, 3.63) is 30.1 Å². The Bertz CT molecular complexity index is 193. The molecule has 0 fully saturated rings. The number of aromatic nitrogens is 1. The highest BCUT2D eigenvalue weighted by Gasteiger charge is 1.99. The van der Waals surface area contributed by atoms with Crippen molar-refractivity contribution in [2.75, 3.05) is 0 Å². The van der Waals surface area contributed by atoms with E-state index >= 15 is 0 Å². The van der Waals surface area contributed by atoms with Gasteiger partial charge >= 0.3 is 0 Å². The predicted octanol–water partition coefficient (Wildman–Crippen LogP) is 2.47. The van der Waals surface area contributed by atoms with E-state index in [2.05, 4.69) is 31.1 Å². The maximum atomic E-state index is 3.95. The topological polar surface area (TPSA) is 12.9 Å². The molecule has 1 aromatic rings. The molecule has 0 saturated heterocycles. The van der Waals surface area contributed by atoms with E-state index in [1.54, 1.807) is 6.20 Å². The summed E-state index contributed by atoms with van der Waals surface area (Å²) in [4.78, 5) is 3.95. The Morgan fingerprint density at radius 2 is 2.45 bits per heavy atom. The first-order valence-corrected chi connectivity index (χ1v) is 4.14. The Kier molecular flexibility index (Phi) is 3.09. The van der Waals surface area contributed by atoms with Gasteiger partial charge in [0.05, 0.1) is 6.20 Å². The maximum absolute atomic E-state index is 3.95. The minimum absolute atomic E-state index is 0.746. The van der Waals surface area contributed by atoms with Crippen LogP contribution in [-0.4, -0.2) is 4.98 Å². The third-order valence-electron chi connectivity index (χ3n) is 1.93. The van der Waals surface area contributed by atoms with Crippen LogP contribution in [0.3, 0.4) is 0 Å². The van der Waals surface area contributed by atoms with E-state index in [1.807, 2.05) is 6.07 Å². The van der Waals surface area contributed by atoms with Crippen LogP contribution in [0.4, 0.5) is 0 Å².